The summed E-state index contributed by atoms with van der Waals surface area (Å²) in [7, 11) is -3.39. The summed E-state index contributed by atoms with van der Waals surface area (Å²) in [5, 5.41) is 2.58. The average molecular weight is 302 g/mol. The highest BCUT2D eigenvalue weighted by Crippen LogP contribution is 2.32. The molecule has 6 nitrogen and oxygen atoms in total. The third kappa shape index (κ3) is 2.74. The summed E-state index contributed by atoms with van der Waals surface area (Å²) in [6.07, 6.45) is 0.237. The maximum absolute atomic E-state index is 12.6. The van der Waals surface area contributed by atoms with E-state index in [9.17, 15) is 8.42 Å². The van der Waals surface area contributed by atoms with Crippen molar-refractivity contribution in [2.24, 2.45) is 0 Å². The number of aromatic nitrogens is 2. The molecule has 1 aliphatic heterocycles. The Morgan fingerprint density at radius 1 is 1.35 bits per heavy atom. The van der Waals surface area contributed by atoms with Crippen molar-refractivity contribution in [3.8, 4) is 0 Å². The molecular weight excluding hydrogens is 280 g/mol. The maximum atomic E-state index is 12.6. The fraction of sp³-hybridized carbons (Fsp3) is 0.846. The summed E-state index contributed by atoms with van der Waals surface area (Å²) in [6.45, 7) is 9.72. The molecular formula is C13H22N2O4S. The van der Waals surface area contributed by atoms with Crippen molar-refractivity contribution in [1.82, 2.24) is 10.1 Å². The van der Waals surface area contributed by atoms with E-state index in [0.717, 1.165) is 0 Å². The summed E-state index contributed by atoms with van der Waals surface area (Å²) in [5.74, 6) is 0.680. The molecule has 3 atom stereocenters. The molecule has 0 spiro atoms. The standard InChI is InChI=1S/C13H22N2O4S/c1-8-10(6-7-18-8)20(16,17)9(2)11-14-12(15-19-11)13(3,4)5/h8-10H,6-7H2,1-5H3/t8-,9+,10+/m0/s1. The van der Waals surface area contributed by atoms with Crippen LogP contribution in [0.2, 0.25) is 0 Å². The van der Waals surface area contributed by atoms with Crippen molar-refractivity contribution in [3.05, 3.63) is 11.7 Å². The van der Waals surface area contributed by atoms with Gasteiger partial charge in [-0.05, 0) is 20.3 Å². The average Bonchev–Trinajstić information content (AvgIpc) is 2.95. The molecule has 0 aliphatic carbocycles. The SMILES string of the molecule is C[C@@H]1OCC[C@H]1S(=O)(=O)[C@H](C)c1nc(C(C)(C)C)no1. The molecule has 0 radical (unpaired) electrons. The van der Waals surface area contributed by atoms with Gasteiger partial charge in [-0.2, -0.15) is 4.98 Å². The maximum Gasteiger partial charge on any atom is 0.244 e. The minimum atomic E-state index is -3.39. The van der Waals surface area contributed by atoms with Crippen molar-refractivity contribution >= 4 is 9.84 Å². The van der Waals surface area contributed by atoms with Crippen LogP contribution in [0.3, 0.4) is 0 Å². The van der Waals surface area contributed by atoms with E-state index in [0.29, 0.717) is 18.9 Å². The molecule has 1 aromatic rings. The second kappa shape index (κ2) is 5.11. The van der Waals surface area contributed by atoms with Gasteiger partial charge >= 0.3 is 0 Å². The summed E-state index contributed by atoms with van der Waals surface area (Å²) >= 11 is 0. The first-order chi connectivity index (χ1) is 9.14. The lowest BCUT2D eigenvalue weighted by molar-refractivity contribution is 0.126. The molecule has 0 bridgehead atoms. The van der Waals surface area contributed by atoms with Crippen molar-refractivity contribution in [2.75, 3.05) is 6.61 Å². The first-order valence-corrected chi connectivity index (χ1v) is 8.43. The number of hydrogen-bond donors (Lipinski definition) is 0. The fourth-order valence-electron chi connectivity index (χ4n) is 2.25. The Bertz CT molecular complexity index is 573. The smallest absolute Gasteiger partial charge is 0.244 e. The third-order valence-corrected chi connectivity index (χ3v) is 6.33. The highest BCUT2D eigenvalue weighted by molar-refractivity contribution is 7.92. The van der Waals surface area contributed by atoms with Crippen LogP contribution in [0, 0.1) is 0 Å². The Balaban J connectivity index is 2.26. The van der Waals surface area contributed by atoms with Gasteiger partial charge in [0.25, 0.3) is 0 Å². The molecule has 0 saturated carbocycles. The molecule has 114 valence electrons. The minimum absolute atomic E-state index is 0.161. The summed E-state index contributed by atoms with van der Waals surface area (Å²) in [5.41, 5.74) is -0.269. The quantitative estimate of drug-likeness (QED) is 0.849. The van der Waals surface area contributed by atoms with Crippen LogP contribution < -0.4 is 0 Å². The van der Waals surface area contributed by atoms with Gasteiger partial charge in [0.1, 0.15) is 5.25 Å². The molecule has 1 fully saturated rings. The third-order valence-electron chi connectivity index (χ3n) is 3.68. The van der Waals surface area contributed by atoms with Gasteiger partial charge in [0.05, 0.1) is 11.4 Å². The normalized spacial score (nSPS) is 25.9. The van der Waals surface area contributed by atoms with Crippen LogP contribution in [0.4, 0.5) is 0 Å². The van der Waals surface area contributed by atoms with Crippen LogP contribution in [0.1, 0.15) is 58.0 Å². The molecule has 7 heteroatoms. The van der Waals surface area contributed by atoms with Crippen LogP contribution in [-0.4, -0.2) is 36.5 Å². The molecule has 1 aliphatic rings. The Kier molecular flexibility index (Phi) is 3.94. The van der Waals surface area contributed by atoms with Crippen molar-refractivity contribution in [2.45, 2.75) is 63.1 Å². The van der Waals surface area contributed by atoms with Gasteiger partial charge in [-0.3, -0.25) is 0 Å². The fourth-order valence-corrected chi connectivity index (χ4v) is 4.19. The summed E-state index contributed by atoms with van der Waals surface area (Å²) in [4.78, 5) is 4.25. The summed E-state index contributed by atoms with van der Waals surface area (Å²) in [6, 6.07) is 0. The van der Waals surface area contributed by atoms with E-state index in [1.165, 1.54) is 0 Å². The molecule has 1 saturated heterocycles. The first kappa shape index (κ1) is 15.4. The highest BCUT2D eigenvalue weighted by Gasteiger charge is 2.42. The number of rotatable bonds is 3. The van der Waals surface area contributed by atoms with E-state index in [-0.39, 0.29) is 17.4 Å². The van der Waals surface area contributed by atoms with E-state index in [4.69, 9.17) is 9.26 Å². The second-order valence-corrected chi connectivity index (χ2v) is 8.83. The molecule has 2 heterocycles. The summed E-state index contributed by atoms with van der Waals surface area (Å²) < 4.78 is 35.7. The number of sulfone groups is 1. The van der Waals surface area contributed by atoms with Crippen LogP contribution in [-0.2, 0) is 20.0 Å². The monoisotopic (exact) mass is 302 g/mol. The number of hydrogen-bond acceptors (Lipinski definition) is 6. The zero-order valence-corrected chi connectivity index (χ0v) is 13.4. The van der Waals surface area contributed by atoms with Gasteiger partial charge in [-0.25, -0.2) is 8.42 Å². The zero-order valence-electron chi connectivity index (χ0n) is 12.6. The predicted octanol–water partition coefficient (Wildman–Crippen LogP) is 2.02. The van der Waals surface area contributed by atoms with E-state index in [1.54, 1.807) is 13.8 Å². The van der Waals surface area contributed by atoms with Crippen LogP contribution in [0.5, 0.6) is 0 Å². The molecule has 0 amide bonds. The molecule has 0 N–H and O–H groups in total. The van der Waals surface area contributed by atoms with E-state index in [1.807, 2.05) is 20.8 Å². The van der Waals surface area contributed by atoms with Crippen molar-refractivity contribution in [3.63, 3.8) is 0 Å². The highest BCUT2D eigenvalue weighted by atomic mass is 32.2. The Hall–Kier alpha value is -0.950. The molecule has 0 unspecified atom stereocenters. The van der Waals surface area contributed by atoms with E-state index >= 15 is 0 Å². The second-order valence-electron chi connectivity index (χ2n) is 6.34. The van der Waals surface area contributed by atoms with Crippen molar-refractivity contribution < 1.29 is 17.7 Å². The number of ether oxygens (including phenoxy) is 1. The number of nitrogens with zero attached hydrogens (tertiary/aromatic N) is 2. The topological polar surface area (TPSA) is 82.3 Å². The van der Waals surface area contributed by atoms with E-state index in [2.05, 4.69) is 10.1 Å². The van der Waals surface area contributed by atoms with Gasteiger partial charge in [0, 0.05) is 12.0 Å². The van der Waals surface area contributed by atoms with Crippen LogP contribution in [0.25, 0.3) is 0 Å². The molecule has 20 heavy (non-hydrogen) atoms. The minimum Gasteiger partial charge on any atom is -0.377 e. The van der Waals surface area contributed by atoms with Crippen LogP contribution >= 0.6 is 0 Å². The van der Waals surface area contributed by atoms with Gasteiger partial charge in [-0.15, -0.1) is 0 Å². The zero-order chi connectivity index (χ0) is 15.1. The largest absolute Gasteiger partial charge is 0.377 e. The lowest BCUT2D eigenvalue weighted by Crippen LogP contribution is -2.31. The van der Waals surface area contributed by atoms with Crippen LogP contribution in [0.15, 0.2) is 4.52 Å². The molecule has 2 rings (SSSR count). The Labute approximate surface area is 119 Å². The Morgan fingerprint density at radius 3 is 2.45 bits per heavy atom. The Morgan fingerprint density at radius 2 is 2.00 bits per heavy atom. The van der Waals surface area contributed by atoms with Gasteiger partial charge < -0.3 is 9.26 Å². The van der Waals surface area contributed by atoms with E-state index < -0.39 is 20.3 Å². The first-order valence-electron chi connectivity index (χ1n) is 6.82. The van der Waals surface area contributed by atoms with Gasteiger partial charge in [-0.1, -0.05) is 25.9 Å². The molecule has 0 aromatic carbocycles. The molecule has 1 aromatic heterocycles. The van der Waals surface area contributed by atoms with Crippen molar-refractivity contribution in [1.29, 1.82) is 0 Å². The lowest BCUT2D eigenvalue weighted by atomic mass is 9.96. The van der Waals surface area contributed by atoms with Gasteiger partial charge in [0.2, 0.25) is 5.89 Å². The predicted molar refractivity (Wildman–Crippen MR) is 74.2 cm³/mol. The van der Waals surface area contributed by atoms with Gasteiger partial charge in [0.15, 0.2) is 15.7 Å². The lowest BCUT2D eigenvalue weighted by Gasteiger charge is -2.18.